The molecule has 84 valence electrons. The zero-order valence-electron chi connectivity index (χ0n) is 9.16. The van der Waals surface area contributed by atoms with Crippen LogP contribution < -0.4 is 0 Å². The van der Waals surface area contributed by atoms with Crippen molar-refractivity contribution in [3.63, 3.8) is 0 Å². The largest absolute Gasteiger partial charge is 0.286 e. The van der Waals surface area contributed by atoms with E-state index in [2.05, 4.69) is 0 Å². The Morgan fingerprint density at radius 2 is 2.00 bits per heavy atom. The van der Waals surface area contributed by atoms with Gasteiger partial charge in [0.2, 0.25) is 5.78 Å². The summed E-state index contributed by atoms with van der Waals surface area (Å²) < 4.78 is 13.2. The van der Waals surface area contributed by atoms with Crippen LogP contribution in [0.1, 0.15) is 11.1 Å². The minimum atomic E-state index is -0.683. The van der Waals surface area contributed by atoms with Gasteiger partial charge in [-0.3, -0.25) is 4.79 Å². The Morgan fingerprint density at radius 1 is 1.18 bits per heavy atom. The molecule has 0 saturated heterocycles. The van der Waals surface area contributed by atoms with E-state index in [1.165, 1.54) is 6.08 Å². The van der Waals surface area contributed by atoms with E-state index in [0.29, 0.717) is 5.57 Å². The number of benzene rings is 1. The fourth-order valence-corrected chi connectivity index (χ4v) is 2.59. The molecule has 1 aromatic rings. The number of Topliss-reactive ketones (excluding diaryl/α,β-unsaturated/α-hetero) is 1. The Kier molecular flexibility index (Phi) is 2.30. The molecule has 0 aliphatic heterocycles. The van der Waals surface area contributed by atoms with Crippen molar-refractivity contribution in [1.82, 2.24) is 0 Å². The average molecular weight is 244 g/mol. The van der Waals surface area contributed by atoms with Crippen molar-refractivity contribution in [3.05, 3.63) is 52.9 Å². The second kappa shape index (κ2) is 3.70. The van der Waals surface area contributed by atoms with Crippen molar-refractivity contribution in [3.8, 4) is 0 Å². The fourth-order valence-electron chi connectivity index (χ4n) is 2.14. The van der Waals surface area contributed by atoms with Gasteiger partial charge in [-0.15, -0.1) is 11.8 Å². The van der Waals surface area contributed by atoms with Crippen molar-refractivity contribution in [2.75, 3.05) is 6.26 Å². The number of ketones is 1. The Balaban J connectivity index is 2.18. The average Bonchev–Trinajstić information content (AvgIpc) is 2.72. The molecule has 1 aromatic carbocycles. The summed E-state index contributed by atoms with van der Waals surface area (Å²) in [5.74, 6) is -1.19. The predicted octanol–water partition coefficient (Wildman–Crippen LogP) is 3.63. The van der Waals surface area contributed by atoms with E-state index in [9.17, 15) is 9.18 Å². The second-order valence-corrected chi connectivity index (χ2v) is 4.81. The lowest BCUT2D eigenvalue weighted by molar-refractivity contribution is -0.113. The number of carbonyl (C=O) groups is 1. The first-order valence-corrected chi connectivity index (χ1v) is 6.46. The third kappa shape index (κ3) is 1.50. The molecule has 0 N–H and O–H groups in total. The minimum absolute atomic E-state index is 0.471. The molecule has 0 amide bonds. The molecule has 1 nitrogen and oxygen atoms in total. The molecule has 0 unspecified atom stereocenters. The van der Waals surface area contributed by atoms with Crippen LogP contribution in [-0.2, 0) is 4.79 Å². The topological polar surface area (TPSA) is 17.1 Å². The lowest BCUT2D eigenvalue weighted by Gasteiger charge is -2.09. The summed E-state index contributed by atoms with van der Waals surface area (Å²) >= 11 is 1.65. The highest BCUT2D eigenvalue weighted by Crippen LogP contribution is 2.40. The number of halogens is 1. The molecule has 2 aliphatic rings. The monoisotopic (exact) mass is 244 g/mol. The predicted molar refractivity (Wildman–Crippen MR) is 68.4 cm³/mol. The third-order valence-corrected chi connectivity index (χ3v) is 3.72. The normalized spacial score (nSPS) is 17.1. The highest BCUT2D eigenvalue weighted by atomic mass is 32.2. The molecule has 0 fully saturated rings. The molecule has 3 rings (SSSR count). The van der Waals surface area contributed by atoms with E-state index < -0.39 is 11.6 Å². The van der Waals surface area contributed by atoms with Crippen LogP contribution in [0.3, 0.4) is 0 Å². The maximum Gasteiger partial charge on any atom is 0.221 e. The fraction of sp³-hybridized carbons (Fsp3) is 0.0714. The standard InChI is InChI=1S/C14H9FOS/c1-17-9-2-3-10-8(6-9)7-12-11(10)4-5-13(15)14(12)16/h2-7H,1H3. The van der Waals surface area contributed by atoms with Gasteiger partial charge in [0.15, 0.2) is 5.83 Å². The van der Waals surface area contributed by atoms with Crippen LogP contribution in [-0.4, -0.2) is 12.0 Å². The number of thioether (sulfide) groups is 1. The van der Waals surface area contributed by atoms with Crippen molar-refractivity contribution in [2.45, 2.75) is 4.90 Å². The van der Waals surface area contributed by atoms with Gasteiger partial charge in [-0.25, -0.2) is 4.39 Å². The van der Waals surface area contributed by atoms with Crippen LogP contribution in [0, 0.1) is 0 Å². The van der Waals surface area contributed by atoms with E-state index in [4.69, 9.17) is 0 Å². The second-order valence-electron chi connectivity index (χ2n) is 3.94. The zero-order chi connectivity index (χ0) is 12.0. The van der Waals surface area contributed by atoms with E-state index in [0.717, 1.165) is 21.6 Å². The Bertz CT molecular complexity index is 623. The first kappa shape index (κ1) is 10.5. The summed E-state index contributed by atoms with van der Waals surface area (Å²) in [6.07, 6.45) is 6.69. The molecule has 0 bridgehead atoms. The SMILES string of the molecule is CSc1ccc2c(c1)C=C1C(=O)C(F)=CC=C12. The number of carbonyl (C=O) groups excluding carboxylic acids is 1. The first-order valence-electron chi connectivity index (χ1n) is 5.23. The molecule has 3 heteroatoms. The summed E-state index contributed by atoms with van der Waals surface area (Å²) in [6.45, 7) is 0. The summed E-state index contributed by atoms with van der Waals surface area (Å²) in [5, 5.41) is 0. The maximum atomic E-state index is 13.2. The lowest BCUT2D eigenvalue weighted by Crippen LogP contribution is -2.05. The molecule has 0 radical (unpaired) electrons. The van der Waals surface area contributed by atoms with Gasteiger partial charge in [0.05, 0.1) is 0 Å². The highest BCUT2D eigenvalue weighted by molar-refractivity contribution is 7.98. The number of hydrogen-bond acceptors (Lipinski definition) is 2. The Morgan fingerprint density at radius 3 is 2.76 bits per heavy atom. The quantitative estimate of drug-likeness (QED) is 0.702. The van der Waals surface area contributed by atoms with E-state index in [1.54, 1.807) is 23.9 Å². The van der Waals surface area contributed by atoms with Gasteiger partial charge >= 0.3 is 0 Å². The van der Waals surface area contributed by atoms with Crippen molar-refractivity contribution >= 4 is 29.2 Å². The molecule has 2 aliphatic carbocycles. The molecule has 0 aromatic heterocycles. The Hall–Kier alpha value is -1.61. The molecular formula is C14H9FOS. The van der Waals surface area contributed by atoms with Crippen LogP contribution in [0.4, 0.5) is 4.39 Å². The molecule has 0 spiro atoms. The molecule has 0 saturated carbocycles. The molecule has 17 heavy (non-hydrogen) atoms. The molecule has 0 heterocycles. The van der Waals surface area contributed by atoms with Crippen LogP contribution >= 0.6 is 11.8 Å². The third-order valence-electron chi connectivity index (χ3n) is 3.00. The van der Waals surface area contributed by atoms with Crippen molar-refractivity contribution in [2.24, 2.45) is 0 Å². The van der Waals surface area contributed by atoms with E-state index >= 15 is 0 Å². The lowest BCUT2D eigenvalue weighted by atomic mass is 9.96. The van der Waals surface area contributed by atoms with Gasteiger partial charge in [-0.05, 0) is 47.2 Å². The van der Waals surface area contributed by atoms with E-state index in [1.807, 2.05) is 24.5 Å². The van der Waals surface area contributed by atoms with Crippen LogP contribution in [0.15, 0.2) is 46.6 Å². The van der Waals surface area contributed by atoms with Gasteiger partial charge in [0, 0.05) is 10.5 Å². The number of hydrogen-bond donors (Lipinski definition) is 0. The van der Waals surface area contributed by atoms with Crippen LogP contribution in [0.5, 0.6) is 0 Å². The highest BCUT2D eigenvalue weighted by Gasteiger charge is 2.28. The Labute approximate surface area is 103 Å². The summed E-state index contributed by atoms with van der Waals surface area (Å²) in [4.78, 5) is 12.8. The van der Waals surface area contributed by atoms with Gasteiger partial charge < -0.3 is 0 Å². The number of fused-ring (bicyclic) bond motifs is 3. The summed E-state index contributed by atoms with van der Waals surface area (Å²) in [7, 11) is 0. The number of allylic oxidation sites excluding steroid dienone is 5. The summed E-state index contributed by atoms with van der Waals surface area (Å²) in [6, 6.07) is 6.03. The van der Waals surface area contributed by atoms with Gasteiger partial charge in [-0.2, -0.15) is 0 Å². The van der Waals surface area contributed by atoms with Gasteiger partial charge in [0.1, 0.15) is 0 Å². The van der Waals surface area contributed by atoms with E-state index in [-0.39, 0.29) is 0 Å². The van der Waals surface area contributed by atoms with Gasteiger partial charge in [-0.1, -0.05) is 12.1 Å². The maximum absolute atomic E-state index is 13.2. The molecule has 0 atom stereocenters. The minimum Gasteiger partial charge on any atom is -0.286 e. The van der Waals surface area contributed by atoms with Crippen molar-refractivity contribution < 1.29 is 9.18 Å². The summed E-state index contributed by atoms with van der Waals surface area (Å²) in [5.41, 5.74) is 3.31. The zero-order valence-corrected chi connectivity index (χ0v) is 9.98. The number of rotatable bonds is 1. The molecular weight excluding hydrogens is 235 g/mol. The first-order chi connectivity index (χ1) is 8.20. The van der Waals surface area contributed by atoms with Crippen LogP contribution in [0.2, 0.25) is 0 Å². The van der Waals surface area contributed by atoms with Crippen molar-refractivity contribution in [1.29, 1.82) is 0 Å². The van der Waals surface area contributed by atoms with Crippen LogP contribution in [0.25, 0.3) is 11.6 Å². The smallest absolute Gasteiger partial charge is 0.221 e. The van der Waals surface area contributed by atoms with Gasteiger partial charge in [0.25, 0.3) is 0 Å².